The molecule has 4 nitrogen and oxygen atoms in total. The molecule has 0 bridgehead atoms. The van der Waals surface area contributed by atoms with E-state index in [1.54, 1.807) is 13.3 Å². The third-order valence-corrected chi connectivity index (χ3v) is 3.22. The number of ether oxygens (including phenoxy) is 1. The number of aryl methyl sites for hydroxylation is 1. The van der Waals surface area contributed by atoms with Gasteiger partial charge in [0.1, 0.15) is 11.9 Å². The SMILES string of the molecule is CCCn1ccnc1C(N)C(OC)c1ccccc1. The summed E-state index contributed by atoms with van der Waals surface area (Å²) in [5.41, 5.74) is 7.42. The first kappa shape index (κ1) is 13.8. The highest BCUT2D eigenvalue weighted by molar-refractivity contribution is 5.21. The molecule has 0 aliphatic rings. The van der Waals surface area contributed by atoms with Crippen LogP contribution in [0.3, 0.4) is 0 Å². The standard InChI is InChI=1S/C15H21N3O/c1-3-10-18-11-9-17-15(18)13(16)14(19-2)12-7-5-4-6-8-12/h4-9,11,13-14H,3,10,16H2,1-2H3. The Morgan fingerprint density at radius 2 is 2.05 bits per heavy atom. The van der Waals surface area contributed by atoms with Crippen molar-refractivity contribution in [2.75, 3.05) is 7.11 Å². The minimum atomic E-state index is -0.269. The molecule has 1 aromatic carbocycles. The summed E-state index contributed by atoms with van der Waals surface area (Å²) in [7, 11) is 1.69. The molecule has 0 amide bonds. The van der Waals surface area contributed by atoms with E-state index < -0.39 is 0 Å². The van der Waals surface area contributed by atoms with Crippen LogP contribution in [0.15, 0.2) is 42.7 Å². The van der Waals surface area contributed by atoms with Crippen molar-refractivity contribution in [3.05, 3.63) is 54.1 Å². The lowest BCUT2D eigenvalue weighted by Crippen LogP contribution is -2.25. The smallest absolute Gasteiger partial charge is 0.128 e. The van der Waals surface area contributed by atoms with Gasteiger partial charge in [0.25, 0.3) is 0 Å². The molecule has 2 aromatic rings. The van der Waals surface area contributed by atoms with Crippen LogP contribution in [-0.4, -0.2) is 16.7 Å². The number of aromatic nitrogens is 2. The van der Waals surface area contributed by atoms with E-state index in [2.05, 4.69) is 16.5 Å². The van der Waals surface area contributed by atoms with Crippen molar-refractivity contribution in [3.8, 4) is 0 Å². The molecular formula is C15H21N3O. The first-order chi connectivity index (χ1) is 9.27. The van der Waals surface area contributed by atoms with Gasteiger partial charge in [-0.2, -0.15) is 0 Å². The van der Waals surface area contributed by atoms with Gasteiger partial charge in [0.2, 0.25) is 0 Å². The fourth-order valence-corrected chi connectivity index (χ4v) is 2.32. The number of rotatable bonds is 6. The first-order valence-corrected chi connectivity index (χ1v) is 6.62. The largest absolute Gasteiger partial charge is 0.375 e. The molecule has 0 aliphatic carbocycles. The Labute approximate surface area is 114 Å². The summed E-state index contributed by atoms with van der Waals surface area (Å²) in [6.45, 7) is 3.06. The molecular weight excluding hydrogens is 238 g/mol. The molecule has 19 heavy (non-hydrogen) atoms. The Balaban J connectivity index is 2.25. The number of hydrogen-bond acceptors (Lipinski definition) is 3. The molecule has 0 fully saturated rings. The average Bonchev–Trinajstić information content (AvgIpc) is 2.89. The van der Waals surface area contributed by atoms with E-state index in [-0.39, 0.29) is 12.1 Å². The molecule has 2 N–H and O–H groups in total. The van der Waals surface area contributed by atoms with Gasteiger partial charge in [-0.1, -0.05) is 37.3 Å². The number of hydrogen-bond donors (Lipinski definition) is 1. The Morgan fingerprint density at radius 3 is 2.68 bits per heavy atom. The molecule has 0 aliphatic heterocycles. The lowest BCUT2D eigenvalue weighted by molar-refractivity contribution is 0.0765. The van der Waals surface area contributed by atoms with E-state index in [1.165, 1.54) is 0 Å². The summed E-state index contributed by atoms with van der Waals surface area (Å²) in [6.07, 6.45) is 4.64. The number of imidazole rings is 1. The highest BCUT2D eigenvalue weighted by Gasteiger charge is 2.24. The Morgan fingerprint density at radius 1 is 1.32 bits per heavy atom. The van der Waals surface area contributed by atoms with E-state index >= 15 is 0 Å². The van der Waals surface area contributed by atoms with Gasteiger partial charge in [0.15, 0.2) is 0 Å². The average molecular weight is 259 g/mol. The maximum absolute atomic E-state index is 6.35. The molecule has 2 unspecified atom stereocenters. The maximum atomic E-state index is 6.35. The minimum absolute atomic E-state index is 0.181. The van der Waals surface area contributed by atoms with Gasteiger partial charge in [0.05, 0.1) is 6.04 Å². The molecule has 2 rings (SSSR count). The van der Waals surface area contributed by atoms with Gasteiger partial charge in [-0.3, -0.25) is 0 Å². The molecule has 2 atom stereocenters. The zero-order valence-corrected chi connectivity index (χ0v) is 11.5. The van der Waals surface area contributed by atoms with Gasteiger partial charge in [-0.25, -0.2) is 4.98 Å². The highest BCUT2D eigenvalue weighted by Crippen LogP contribution is 2.28. The van der Waals surface area contributed by atoms with Crippen LogP contribution in [0.4, 0.5) is 0 Å². The second-order valence-electron chi connectivity index (χ2n) is 4.57. The van der Waals surface area contributed by atoms with Gasteiger partial charge >= 0.3 is 0 Å². The lowest BCUT2D eigenvalue weighted by Gasteiger charge is -2.23. The Bertz CT molecular complexity index is 495. The summed E-state index contributed by atoms with van der Waals surface area (Å²) in [5, 5.41) is 0. The summed E-state index contributed by atoms with van der Waals surface area (Å²) in [6, 6.07) is 9.76. The van der Waals surface area contributed by atoms with Crippen LogP contribution in [0.1, 0.15) is 36.9 Å². The molecule has 4 heteroatoms. The van der Waals surface area contributed by atoms with Gasteiger partial charge in [0, 0.05) is 26.0 Å². The van der Waals surface area contributed by atoms with E-state index in [0.717, 1.165) is 24.4 Å². The molecule has 1 aromatic heterocycles. The van der Waals surface area contributed by atoms with Crippen LogP contribution >= 0.6 is 0 Å². The maximum Gasteiger partial charge on any atom is 0.128 e. The minimum Gasteiger partial charge on any atom is -0.375 e. The number of benzene rings is 1. The summed E-state index contributed by atoms with van der Waals surface area (Å²) >= 11 is 0. The van der Waals surface area contributed by atoms with Gasteiger partial charge in [-0.15, -0.1) is 0 Å². The van der Waals surface area contributed by atoms with Gasteiger partial charge < -0.3 is 15.0 Å². The zero-order valence-electron chi connectivity index (χ0n) is 11.5. The Hall–Kier alpha value is -1.65. The van der Waals surface area contributed by atoms with Crippen molar-refractivity contribution in [2.45, 2.75) is 32.0 Å². The molecule has 0 saturated carbocycles. The highest BCUT2D eigenvalue weighted by atomic mass is 16.5. The number of nitrogens with two attached hydrogens (primary N) is 1. The van der Waals surface area contributed by atoms with Crippen molar-refractivity contribution in [2.24, 2.45) is 5.73 Å². The predicted molar refractivity (Wildman–Crippen MR) is 75.6 cm³/mol. The molecule has 1 heterocycles. The molecule has 0 saturated heterocycles. The summed E-state index contributed by atoms with van der Waals surface area (Å²) in [4.78, 5) is 4.39. The fourth-order valence-electron chi connectivity index (χ4n) is 2.32. The quantitative estimate of drug-likeness (QED) is 0.867. The summed E-state index contributed by atoms with van der Waals surface area (Å²) < 4.78 is 7.67. The second-order valence-corrected chi connectivity index (χ2v) is 4.57. The van der Waals surface area contributed by atoms with Crippen LogP contribution in [0.2, 0.25) is 0 Å². The first-order valence-electron chi connectivity index (χ1n) is 6.62. The van der Waals surface area contributed by atoms with Crippen LogP contribution < -0.4 is 5.73 Å². The fraction of sp³-hybridized carbons (Fsp3) is 0.400. The van der Waals surface area contributed by atoms with Gasteiger partial charge in [-0.05, 0) is 12.0 Å². The summed E-state index contributed by atoms with van der Waals surface area (Å²) in [5.74, 6) is 0.873. The zero-order chi connectivity index (χ0) is 13.7. The normalized spacial score (nSPS) is 14.3. The molecule has 0 radical (unpaired) electrons. The van der Waals surface area contributed by atoms with Crippen molar-refractivity contribution >= 4 is 0 Å². The number of methoxy groups -OCH3 is 1. The van der Waals surface area contributed by atoms with Crippen LogP contribution in [0.25, 0.3) is 0 Å². The van der Waals surface area contributed by atoms with Crippen molar-refractivity contribution in [1.29, 1.82) is 0 Å². The van der Waals surface area contributed by atoms with Crippen LogP contribution in [0, 0.1) is 0 Å². The van der Waals surface area contributed by atoms with Crippen molar-refractivity contribution < 1.29 is 4.74 Å². The molecule has 102 valence electrons. The number of nitrogens with zero attached hydrogens (tertiary/aromatic N) is 2. The van der Waals surface area contributed by atoms with E-state index in [1.807, 2.05) is 36.5 Å². The Kier molecular flexibility index (Phi) is 4.71. The second kappa shape index (κ2) is 6.50. The van der Waals surface area contributed by atoms with Crippen molar-refractivity contribution in [3.63, 3.8) is 0 Å². The van der Waals surface area contributed by atoms with E-state index in [0.29, 0.717) is 0 Å². The lowest BCUT2D eigenvalue weighted by atomic mass is 10.0. The van der Waals surface area contributed by atoms with E-state index in [4.69, 9.17) is 10.5 Å². The molecule has 0 spiro atoms. The third-order valence-electron chi connectivity index (χ3n) is 3.22. The third kappa shape index (κ3) is 3.03. The monoisotopic (exact) mass is 259 g/mol. The predicted octanol–water partition coefficient (Wildman–Crippen LogP) is 2.68. The van der Waals surface area contributed by atoms with Crippen molar-refractivity contribution in [1.82, 2.24) is 9.55 Å². The van der Waals surface area contributed by atoms with E-state index in [9.17, 15) is 0 Å². The van der Waals surface area contributed by atoms with Crippen LogP contribution in [-0.2, 0) is 11.3 Å². The topological polar surface area (TPSA) is 53.1 Å². The van der Waals surface area contributed by atoms with Crippen LogP contribution in [0.5, 0.6) is 0 Å².